The van der Waals surface area contributed by atoms with Crippen LogP contribution in [0.4, 0.5) is 13.2 Å². The maximum atomic E-state index is 12.8. The molecule has 0 bridgehead atoms. The molecule has 1 N–H and O–H groups in total. The van der Waals surface area contributed by atoms with Crippen LogP contribution in [0.3, 0.4) is 0 Å². The van der Waals surface area contributed by atoms with E-state index in [0.29, 0.717) is 12.5 Å². The second-order valence-electron chi connectivity index (χ2n) is 7.05. The minimum Gasteiger partial charge on any atom is -0.493 e. The number of alkyl halides is 3. The zero-order valence-corrected chi connectivity index (χ0v) is 17.9. The van der Waals surface area contributed by atoms with Crippen LogP contribution >= 0.6 is 11.8 Å². The van der Waals surface area contributed by atoms with E-state index in [2.05, 4.69) is 4.98 Å². The van der Waals surface area contributed by atoms with Crippen LogP contribution in [0.25, 0.3) is 5.69 Å². The Bertz CT molecular complexity index is 1290. The molecule has 2 aromatic carbocycles. The molecular formula is C23H18F3N3O3S. The van der Waals surface area contributed by atoms with Crippen molar-refractivity contribution < 1.29 is 23.0 Å². The summed E-state index contributed by atoms with van der Waals surface area (Å²) in [5, 5.41) is 10.3. The molecule has 2 heterocycles. The maximum Gasteiger partial charge on any atom is 0.446 e. The van der Waals surface area contributed by atoms with Crippen molar-refractivity contribution in [2.24, 2.45) is 0 Å². The van der Waals surface area contributed by atoms with E-state index in [1.807, 2.05) is 30.3 Å². The second-order valence-corrected chi connectivity index (χ2v) is 8.19. The Kier molecular flexibility index (Phi) is 6.45. The van der Waals surface area contributed by atoms with Gasteiger partial charge in [-0.1, -0.05) is 30.3 Å². The minimum absolute atomic E-state index is 0.0157. The van der Waals surface area contributed by atoms with Gasteiger partial charge in [-0.15, -0.1) is 0 Å². The lowest BCUT2D eigenvalue weighted by Crippen LogP contribution is -2.23. The molecule has 0 radical (unpaired) electrons. The van der Waals surface area contributed by atoms with Crippen LogP contribution in [0, 0.1) is 0 Å². The lowest BCUT2D eigenvalue weighted by atomic mass is 10.2. The number of aromatic nitrogens is 3. The van der Waals surface area contributed by atoms with Gasteiger partial charge in [-0.2, -0.15) is 13.2 Å². The molecule has 0 saturated carbocycles. The Morgan fingerprint density at radius 1 is 1.00 bits per heavy atom. The molecule has 170 valence electrons. The molecule has 0 spiro atoms. The van der Waals surface area contributed by atoms with Gasteiger partial charge in [0.25, 0.3) is 0 Å². The molecule has 0 aliphatic rings. The van der Waals surface area contributed by atoms with Crippen molar-refractivity contribution in [2.45, 2.75) is 23.6 Å². The fraction of sp³-hybridized carbons (Fsp3) is 0.130. The fourth-order valence-electron chi connectivity index (χ4n) is 3.19. The number of nitrogens with zero attached hydrogens (tertiary/aromatic N) is 3. The first-order valence-electron chi connectivity index (χ1n) is 9.77. The van der Waals surface area contributed by atoms with E-state index in [-0.39, 0.29) is 34.8 Å². The highest BCUT2D eigenvalue weighted by molar-refractivity contribution is 8.00. The van der Waals surface area contributed by atoms with Gasteiger partial charge in [0.15, 0.2) is 0 Å². The first kappa shape index (κ1) is 22.5. The molecule has 10 heteroatoms. The number of hydrogen-bond donors (Lipinski definition) is 1. The van der Waals surface area contributed by atoms with Crippen molar-refractivity contribution in [3.05, 3.63) is 101 Å². The predicted molar refractivity (Wildman–Crippen MR) is 118 cm³/mol. The Hall–Kier alpha value is -3.66. The second kappa shape index (κ2) is 9.45. The van der Waals surface area contributed by atoms with E-state index in [0.717, 1.165) is 15.7 Å². The van der Waals surface area contributed by atoms with Crippen molar-refractivity contribution in [2.75, 3.05) is 0 Å². The van der Waals surface area contributed by atoms with E-state index >= 15 is 0 Å². The van der Waals surface area contributed by atoms with Crippen LogP contribution in [-0.4, -0.2) is 24.7 Å². The number of halogens is 3. The predicted octanol–water partition coefficient (Wildman–Crippen LogP) is 4.98. The minimum atomic E-state index is -4.40. The van der Waals surface area contributed by atoms with Gasteiger partial charge < -0.3 is 9.84 Å². The summed E-state index contributed by atoms with van der Waals surface area (Å²) in [6, 6.07) is 18.2. The first-order valence-corrected chi connectivity index (χ1v) is 10.6. The van der Waals surface area contributed by atoms with Gasteiger partial charge in [0, 0.05) is 17.2 Å². The average Bonchev–Trinajstić information content (AvgIpc) is 3.06. The summed E-state index contributed by atoms with van der Waals surface area (Å²) in [6.07, 6.45) is 2.83. The monoisotopic (exact) mass is 473 g/mol. The molecule has 0 atom stereocenters. The molecule has 33 heavy (non-hydrogen) atoms. The summed E-state index contributed by atoms with van der Waals surface area (Å²) < 4.78 is 45.6. The third kappa shape index (κ3) is 5.78. The molecule has 4 rings (SSSR count). The van der Waals surface area contributed by atoms with Gasteiger partial charge in [-0.25, -0.2) is 14.3 Å². The summed E-state index contributed by atoms with van der Waals surface area (Å²) in [4.78, 5) is 17.0. The van der Waals surface area contributed by atoms with Crippen molar-refractivity contribution >= 4 is 11.8 Å². The molecule has 4 aromatic rings. The average molecular weight is 473 g/mol. The molecule has 0 unspecified atom stereocenters. The van der Waals surface area contributed by atoms with Gasteiger partial charge in [-0.05, 0) is 53.2 Å². The molecule has 6 nitrogen and oxygen atoms in total. The van der Waals surface area contributed by atoms with Gasteiger partial charge in [0.1, 0.15) is 6.61 Å². The lowest BCUT2D eigenvalue weighted by Gasteiger charge is -2.08. The number of ether oxygens (including phenoxy) is 1. The molecule has 2 aromatic heterocycles. The number of imidazole rings is 1. The van der Waals surface area contributed by atoms with E-state index in [1.165, 1.54) is 35.0 Å². The van der Waals surface area contributed by atoms with Crippen molar-refractivity contribution in [1.82, 2.24) is 14.1 Å². The first-order chi connectivity index (χ1) is 15.8. The number of thioether (sulfide) groups is 1. The highest BCUT2D eigenvalue weighted by Gasteiger charge is 2.29. The third-order valence-electron chi connectivity index (χ3n) is 4.65. The van der Waals surface area contributed by atoms with Gasteiger partial charge in [-0.3, -0.25) is 4.57 Å². The standard InChI is InChI=1S/C23H18F3N3O3S/c24-23(25,26)33-19-8-6-18(7-9-19)29-21(30)14-28(22(29)31)13-17-10-11-27-20(12-17)32-15-16-4-2-1-3-5-16/h1-12,14,30H,13,15H2. The summed E-state index contributed by atoms with van der Waals surface area (Å²) >= 11 is -0.249. The Morgan fingerprint density at radius 3 is 2.42 bits per heavy atom. The summed E-state index contributed by atoms with van der Waals surface area (Å²) in [6.45, 7) is 0.489. The molecular weight excluding hydrogens is 455 g/mol. The maximum absolute atomic E-state index is 12.8. The molecule has 0 amide bonds. The summed E-state index contributed by atoms with van der Waals surface area (Å²) in [5.74, 6) is 0.0663. The zero-order chi connectivity index (χ0) is 23.4. The van der Waals surface area contributed by atoms with Crippen LogP contribution in [0.1, 0.15) is 11.1 Å². The van der Waals surface area contributed by atoms with Crippen molar-refractivity contribution in [3.63, 3.8) is 0 Å². The van der Waals surface area contributed by atoms with Gasteiger partial charge >= 0.3 is 11.2 Å². The van der Waals surface area contributed by atoms with E-state index in [4.69, 9.17) is 4.74 Å². The van der Waals surface area contributed by atoms with E-state index in [1.54, 1.807) is 18.3 Å². The van der Waals surface area contributed by atoms with E-state index in [9.17, 15) is 23.1 Å². The van der Waals surface area contributed by atoms with Gasteiger partial charge in [0.05, 0.1) is 18.4 Å². The highest BCUT2D eigenvalue weighted by atomic mass is 32.2. The number of pyridine rings is 1. The molecule has 0 aliphatic heterocycles. The van der Waals surface area contributed by atoms with Gasteiger partial charge in [0.2, 0.25) is 11.8 Å². The normalized spacial score (nSPS) is 11.5. The molecule has 0 fully saturated rings. The Labute approximate surface area is 190 Å². The quantitative estimate of drug-likeness (QED) is 0.384. The SMILES string of the molecule is O=c1n(Cc2ccnc(OCc3ccccc3)c2)cc(O)n1-c1ccc(SC(F)(F)F)cc1. The summed E-state index contributed by atoms with van der Waals surface area (Å²) in [7, 11) is 0. The topological polar surface area (TPSA) is 69.3 Å². The van der Waals surface area contributed by atoms with Crippen LogP contribution in [0.15, 0.2) is 88.8 Å². The Balaban J connectivity index is 1.50. The zero-order valence-electron chi connectivity index (χ0n) is 17.1. The van der Waals surface area contributed by atoms with Crippen LogP contribution in [0.5, 0.6) is 11.8 Å². The van der Waals surface area contributed by atoms with Crippen molar-refractivity contribution in [3.8, 4) is 17.4 Å². The van der Waals surface area contributed by atoms with Crippen LogP contribution in [-0.2, 0) is 13.2 Å². The molecule has 0 saturated heterocycles. The number of benzene rings is 2. The summed E-state index contributed by atoms with van der Waals surface area (Å²) in [5.41, 5.74) is -2.97. The van der Waals surface area contributed by atoms with Crippen LogP contribution in [0.2, 0.25) is 0 Å². The number of hydrogen-bond acceptors (Lipinski definition) is 5. The number of aromatic hydroxyl groups is 1. The number of rotatable bonds is 7. The largest absolute Gasteiger partial charge is 0.493 e. The third-order valence-corrected chi connectivity index (χ3v) is 5.39. The van der Waals surface area contributed by atoms with Crippen molar-refractivity contribution in [1.29, 1.82) is 0 Å². The lowest BCUT2D eigenvalue weighted by molar-refractivity contribution is -0.0328. The fourth-order valence-corrected chi connectivity index (χ4v) is 3.73. The molecule has 0 aliphatic carbocycles. The van der Waals surface area contributed by atoms with Crippen LogP contribution < -0.4 is 10.4 Å². The smallest absolute Gasteiger partial charge is 0.446 e. The Morgan fingerprint density at radius 2 is 1.73 bits per heavy atom. The van der Waals surface area contributed by atoms with E-state index < -0.39 is 11.2 Å². The highest BCUT2D eigenvalue weighted by Crippen LogP contribution is 2.37.